The number of amides is 1. The van der Waals surface area contributed by atoms with E-state index in [2.05, 4.69) is 46.1 Å². The minimum atomic E-state index is -0.528. The Kier molecular flexibility index (Phi) is 4.99. The quantitative estimate of drug-likeness (QED) is 0.460. The van der Waals surface area contributed by atoms with Crippen LogP contribution in [0.2, 0.25) is 0 Å². The highest BCUT2D eigenvalue weighted by Crippen LogP contribution is 2.35. The molecule has 0 spiro atoms. The summed E-state index contributed by atoms with van der Waals surface area (Å²) in [6, 6.07) is 20.3. The first-order valence-electron chi connectivity index (χ1n) is 8.12. The van der Waals surface area contributed by atoms with E-state index in [-0.39, 0.29) is 0 Å². The lowest BCUT2D eigenvalue weighted by atomic mass is 9.97. The molecule has 3 rings (SSSR count). The smallest absolute Gasteiger partial charge is 0.412 e. The fourth-order valence-electron chi connectivity index (χ4n) is 2.74. The van der Waals surface area contributed by atoms with Crippen molar-refractivity contribution in [1.82, 2.24) is 0 Å². The Morgan fingerprint density at radius 3 is 2.20 bits per heavy atom. The van der Waals surface area contributed by atoms with Crippen molar-refractivity contribution in [3.05, 3.63) is 64.2 Å². The van der Waals surface area contributed by atoms with Gasteiger partial charge in [0.25, 0.3) is 0 Å². The van der Waals surface area contributed by atoms with Crippen LogP contribution in [0, 0.1) is 3.57 Å². The highest BCUT2D eigenvalue weighted by atomic mass is 127. The van der Waals surface area contributed by atoms with Gasteiger partial charge in [0.1, 0.15) is 5.60 Å². The molecule has 0 aliphatic heterocycles. The molecule has 3 nitrogen and oxygen atoms in total. The summed E-state index contributed by atoms with van der Waals surface area (Å²) in [5, 5.41) is 4.96. The fourth-order valence-corrected chi connectivity index (χ4v) is 3.41. The lowest BCUT2D eigenvalue weighted by Crippen LogP contribution is -2.27. The fraction of sp³-hybridized carbons (Fsp3) is 0.190. The highest BCUT2D eigenvalue weighted by Gasteiger charge is 2.17. The normalized spacial score (nSPS) is 11.4. The van der Waals surface area contributed by atoms with Gasteiger partial charge >= 0.3 is 6.09 Å². The maximum absolute atomic E-state index is 12.1. The minimum absolute atomic E-state index is 0.445. The Morgan fingerprint density at radius 2 is 1.52 bits per heavy atom. The van der Waals surface area contributed by atoms with E-state index in [9.17, 15) is 4.79 Å². The van der Waals surface area contributed by atoms with E-state index in [1.807, 2.05) is 63.2 Å². The van der Waals surface area contributed by atoms with Gasteiger partial charge in [0.15, 0.2) is 0 Å². The van der Waals surface area contributed by atoms with Crippen molar-refractivity contribution < 1.29 is 9.53 Å². The molecule has 3 aromatic rings. The molecule has 1 amide bonds. The number of ether oxygens (including phenoxy) is 1. The average molecular weight is 445 g/mol. The number of hydrogen-bond donors (Lipinski definition) is 1. The predicted octanol–water partition coefficient (Wildman–Crippen LogP) is 6.46. The van der Waals surface area contributed by atoms with E-state index in [4.69, 9.17) is 4.74 Å². The number of carbonyl (C=O) groups is 1. The number of nitrogens with one attached hydrogen (secondary N) is 1. The molecular weight excluding hydrogens is 425 g/mol. The molecule has 0 aliphatic rings. The second-order valence-corrected chi connectivity index (χ2v) is 7.98. The number of halogens is 1. The van der Waals surface area contributed by atoms with Gasteiger partial charge in [-0.3, -0.25) is 5.32 Å². The van der Waals surface area contributed by atoms with Gasteiger partial charge in [0, 0.05) is 8.96 Å². The number of benzene rings is 3. The molecule has 0 aromatic heterocycles. The zero-order valence-corrected chi connectivity index (χ0v) is 16.6. The Balaban J connectivity index is 2.05. The zero-order chi connectivity index (χ0) is 18.0. The van der Waals surface area contributed by atoms with Gasteiger partial charge in [0.2, 0.25) is 0 Å². The van der Waals surface area contributed by atoms with E-state index < -0.39 is 11.7 Å². The van der Waals surface area contributed by atoms with Crippen LogP contribution in [-0.4, -0.2) is 11.7 Å². The number of rotatable bonds is 2. The third kappa shape index (κ3) is 4.12. The van der Waals surface area contributed by atoms with Crippen molar-refractivity contribution >= 4 is 45.1 Å². The summed E-state index contributed by atoms with van der Waals surface area (Å²) in [4.78, 5) is 12.1. The molecule has 25 heavy (non-hydrogen) atoms. The molecule has 0 heterocycles. The summed E-state index contributed by atoms with van der Waals surface area (Å²) in [7, 11) is 0. The van der Waals surface area contributed by atoms with Crippen molar-refractivity contribution in [2.24, 2.45) is 0 Å². The molecule has 3 aromatic carbocycles. The predicted molar refractivity (Wildman–Crippen MR) is 112 cm³/mol. The van der Waals surface area contributed by atoms with Crippen LogP contribution in [0.3, 0.4) is 0 Å². The second kappa shape index (κ2) is 7.04. The molecule has 0 fully saturated rings. The number of hydrogen-bond acceptors (Lipinski definition) is 2. The van der Waals surface area contributed by atoms with Crippen molar-refractivity contribution in [3.63, 3.8) is 0 Å². The molecule has 0 bridgehead atoms. The number of carbonyl (C=O) groups excluding carboxylic acids is 1. The molecule has 0 saturated carbocycles. The van der Waals surface area contributed by atoms with Crippen molar-refractivity contribution in [1.29, 1.82) is 0 Å². The minimum Gasteiger partial charge on any atom is -0.444 e. The van der Waals surface area contributed by atoms with Gasteiger partial charge in [0.05, 0.1) is 5.69 Å². The van der Waals surface area contributed by atoms with Gasteiger partial charge < -0.3 is 4.74 Å². The van der Waals surface area contributed by atoms with Crippen LogP contribution in [0.5, 0.6) is 0 Å². The molecule has 0 atom stereocenters. The molecule has 0 saturated heterocycles. The van der Waals surface area contributed by atoms with Gasteiger partial charge in [-0.1, -0.05) is 48.5 Å². The van der Waals surface area contributed by atoms with E-state index in [1.54, 1.807) is 0 Å². The summed E-state index contributed by atoms with van der Waals surface area (Å²) >= 11 is 2.35. The Labute approximate surface area is 161 Å². The summed E-state index contributed by atoms with van der Waals surface area (Å²) in [5.41, 5.74) is 2.55. The molecule has 128 valence electrons. The first-order chi connectivity index (χ1) is 11.8. The van der Waals surface area contributed by atoms with E-state index >= 15 is 0 Å². The largest absolute Gasteiger partial charge is 0.444 e. The summed E-state index contributed by atoms with van der Waals surface area (Å²) in [6.45, 7) is 5.56. The van der Waals surface area contributed by atoms with Gasteiger partial charge in [-0.05, 0) is 72.0 Å². The lowest BCUT2D eigenvalue weighted by Gasteiger charge is -2.20. The second-order valence-electron chi connectivity index (χ2n) is 6.81. The summed E-state index contributed by atoms with van der Waals surface area (Å²) in [6.07, 6.45) is -0.445. The lowest BCUT2D eigenvalue weighted by molar-refractivity contribution is 0.0636. The van der Waals surface area contributed by atoms with Crippen LogP contribution in [0.25, 0.3) is 21.9 Å². The maximum atomic E-state index is 12.1. The topological polar surface area (TPSA) is 38.3 Å². The first-order valence-corrected chi connectivity index (χ1v) is 9.20. The highest BCUT2D eigenvalue weighted by molar-refractivity contribution is 14.1. The Hall–Kier alpha value is -2.08. The zero-order valence-electron chi connectivity index (χ0n) is 14.5. The maximum Gasteiger partial charge on any atom is 0.412 e. The molecule has 0 radical (unpaired) electrons. The van der Waals surface area contributed by atoms with E-state index in [0.29, 0.717) is 0 Å². The third-order valence-electron chi connectivity index (χ3n) is 3.72. The molecule has 4 heteroatoms. The van der Waals surface area contributed by atoms with Crippen LogP contribution in [0.1, 0.15) is 20.8 Å². The molecule has 0 unspecified atom stereocenters. The van der Waals surface area contributed by atoms with Crippen LogP contribution < -0.4 is 5.32 Å². The van der Waals surface area contributed by atoms with Gasteiger partial charge in [-0.2, -0.15) is 0 Å². The summed E-state index contributed by atoms with van der Waals surface area (Å²) in [5.74, 6) is 0. The third-order valence-corrected chi connectivity index (χ3v) is 4.66. The van der Waals surface area contributed by atoms with Crippen molar-refractivity contribution in [2.75, 3.05) is 5.32 Å². The standard InChI is InChI=1S/C21H20INO2/c1-21(2,3)25-20(24)23-19-13-12-15(14-8-4-5-10-17(14)19)16-9-6-7-11-18(16)22/h4-13H,1-3H3,(H,23,24). The Morgan fingerprint density at radius 1 is 0.880 bits per heavy atom. The molecular formula is C21H20INO2. The molecule has 1 N–H and O–H groups in total. The number of anilines is 1. The monoisotopic (exact) mass is 445 g/mol. The molecule has 0 aliphatic carbocycles. The van der Waals surface area contributed by atoms with Crippen LogP contribution >= 0.6 is 22.6 Å². The van der Waals surface area contributed by atoms with E-state index in [0.717, 1.165) is 22.0 Å². The van der Waals surface area contributed by atoms with E-state index in [1.165, 1.54) is 9.13 Å². The van der Waals surface area contributed by atoms with Crippen LogP contribution in [-0.2, 0) is 4.74 Å². The SMILES string of the molecule is CC(C)(C)OC(=O)Nc1ccc(-c2ccccc2I)c2ccccc12. The first kappa shape index (κ1) is 17.7. The van der Waals surface area contributed by atoms with Crippen LogP contribution in [0.15, 0.2) is 60.7 Å². The number of fused-ring (bicyclic) bond motifs is 1. The Bertz CT molecular complexity index is 929. The van der Waals surface area contributed by atoms with Gasteiger partial charge in [-0.15, -0.1) is 0 Å². The summed E-state index contributed by atoms with van der Waals surface area (Å²) < 4.78 is 6.57. The van der Waals surface area contributed by atoms with Crippen molar-refractivity contribution in [2.45, 2.75) is 26.4 Å². The van der Waals surface area contributed by atoms with Crippen molar-refractivity contribution in [3.8, 4) is 11.1 Å². The van der Waals surface area contributed by atoms with Gasteiger partial charge in [-0.25, -0.2) is 4.79 Å². The average Bonchev–Trinajstić information content (AvgIpc) is 2.54. The van der Waals surface area contributed by atoms with Crippen LogP contribution in [0.4, 0.5) is 10.5 Å².